The van der Waals surface area contributed by atoms with Crippen molar-refractivity contribution in [1.82, 2.24) is 5.43 Å². The fourth-order valence-electron chi connectivity index (χ4n) is 1.89. The molecular weight excluding hydrogens is 252 g/mol. The third-order valence-electron chi connectivity index (χ3n) is 2.80. The van der Waals surface area contributed by atoms with Crippen LogP contribution in [-0.4, -0.2) is 0 Å². The summed E-state index contributed by atoms with van der Waals surface area (Å²) in [5.41, 5.74) is 6.60. The SMILES string of the molecule is Cc1cscc1C(Cc1cccc(Cl)c1)NN. The summed E-state index contributed by atoms with van der Waals surface area (Å²) in [6.07, 6.45) is 0.842. The molecule has 0 radical (unpaired) electrons. The molecule has 0 bridgehead atoms. The molecule has 2 rings (SSSR count). The summed E-state index contributed by atoms with van der Waals surface area (Å²) in [5, 5.41) is 5.04. The number of rotatable bonds is 4. The van der Waals surface area contributed by atoms with E-state index in [9.17, 15) is 0 Å². The van der Waals surface area contributed by atoms with Gasteiger partial charge in [0.2, 0.25) is 0 Å². The molecule has 1 aromatic carbocycles. The van der Waals surface area contributed by atoms with Gasteiger partial charge in [0, 0.05) is 5.02 Å². The zero-order valence-corrected chi connectivity index (χ0v) is 11.2. The lowest BCUT2D eigenvalue weighted by atomic mass is 9.99. The quantitative estimate of drug-likeness (QED) is 0.657. The largest absolute Gasteiger partial charge is 0.271 e. The van der Waals surface area contributed by atoms with Crippen molar-refractivity contribution in [2.24, 2.45) is 5.84 Å². The average Bonchev–Trinajstić information content (AvgIpc) is 2.72. The molecule has 2 nitrogen and oxygen atoms in total. The Balaban J connectivity index is 2.19. The molecule has 3 N–H and O–H groups in total. The summed E-state index contributed by atoms with van der Waals surface area (Å²) < 4.78 is 0. The van der Waals surface area contributed by atoms with E-state index in [4.69, 9.17) is 17.4 Å². The Hall–Kier alpha value is -0.870. The van der Waals surface area contributed by atoms with Crippen molar-refractivity contribution in [2.45, 2.75) is 19.4 Å². The number of hydrazine groups is 1. The second-order valence-electron chi connectivity index (χ2n) is 4.06. The van der Waals surface area contributed by atoms with E-state index in [0.717, 1.165) is 11.4 Å². The molecule has 1 atom stereocenters. The van der Waals surface area contributed by atoms with Crippen LogP contribution in [0.1, 0.15) is 22.7 Å². The molecule has 1 aromatic heterocycles. The lowest BCUT2D eigenvalue weighted by Crippen LogP contribution is -2.29. The summed E-state index contributed by atoms with van der Waals surface area (Å²) in [5.74, 6) is 5.64. The molecule has 4 heteroatoms. The standard InChI is InChI=1S/C13H15ClN2S/c1-9-7-17-8-12(9)13(16-15)6-10-3-2-4-11(14)5-10/h2-5,7-8,13,16H,6,15H2,1H3. The minimum atomic E-state index is 0.139. The van der Waals surface area contributed by atoms with Crippen LogP contribution in [0.15, 0.2) is 35.0 Å². The van der Waals surface area contributed by atoms with Crippen molar-refractivity contribution in [2.75, 3.05) is 0 Å². The normalized spacial score (nSPS) is 12.6. The maximum atomic E-state index is 5.98. The molecule has 90 valence electrons. The Bertz CT molecular complexity index is 496. The summed E-state index contributed by atoms with van der Waals surface area (Å²) in [6.45, 7) is 2.11. The van der Waals surface area contributed by atoms with Gasteiger partial charge in [-0.05, 0) is 52.9 Å². The highest BCUT2D eigenvalue weighted by Crippen LogP contribution is 2.25. The maximum absolute atomic E-state index is 5.98. The Labute approximate surface area is 110 Å². The van der Waals surface area contributed by atoms with Crippen molar-refractivity contribution in [1.29, 1.82) is 0 Å². The number of hydrogen-bond donors (Lipinski definition) is 2. The highest BCUT2D eigenvalue weighted by Gasteiger charge is 2.13. The highest BCUT2D eigenvalue weighted by molar-refractivity contribution is 7.08. The Morgan fingerprint density at radius 3 is 2.82 bits per heavy atom. The van der Waals surface area contributed by atoms with E-state index < -0.39 is 0 Å². The van der Waals surface area contributed by atoms with Gasteiger partial charge in [-0.1, -0.05) is 23.7 Å². The van der Waals surface area contributed by atoms with E-state index in [1.54, 1.807) is 11.3 Å². The number of nitrogens with one attached hydrogen (secondary N) is 1. The summed E-state index contributed by atoms with van der Waals surface area (Å²) >= 11 is 7.68. The van der Waals surface area contributed by atoms with Crippen LogP contribution in [0.25, 0.3) is 0 Å². The zero-order chi connectivity index (χ0) is 12.3. The van der Waals surface area contributed by atoms with Gasteiger partial charge in [-0.25, -0.2) is 0 Å². The van der Waals surface area contributed by atoms with Crippen LogP contribution >= 0.6 is 22.9 Å². The molecule has 0 saturated carbocycles. The van der Waals surface area contributed by atoms with Crippen LogP contribution < -0.4 is 11.3 Å². The van der Waals surface area contributed by atoms with E-state index in [1.807, 2.05) is 18.2 Å². The van der Waals surface area contributed by atoms with Gasteiger partial charge in [0.15, 0.2) is 0 Å². The van der Waals surface area contributed by atoms with Crippen LogP contribution in [0.2, 0.25) is 5.02 Å². The van der Waals surface area contributed by atoms with Crippen LogP contribution in [0.4, 0.5) is 0 Å². The van der Waals surface area contributed by atoms with Crippen molar-refractivity contribution in [3.8, 4) is 0 Å². The van der Waals surface area contributed by atoms with Gasteiger partial charge in [-0.2, -0.15) is 11.3 Å². The second kappa shape index (κ2) is 5.65. The summed E-state index contributed by atoms with van der Waals surface area (Å²) in [4.78, 5) is 0. The topological polar surface area (TPSA) is 38.0 Å². The molecule has 17 heavy (non-hydrogen) atoms. The number of thiophene rings is 1. The lowest BCUT2D eigenvalue weighted by Gasteiger charge is -2.16. The van der Waals surface area contributed by atoms with E-state index in [-0.39, 0.29) is 6.04 Å². The van der Waals surface area contributed by atoms with Gasteiger partial charge in [0.1, 0.15) is 0 Å². The van der Waals surface area contributed by atoms with Crippen molar-refractivity contribution in [3.05, 3.63) is 56.7 Å². The molecule has 0 spiro atoms. The van der Waals surface area contributed by atoms with E-state index in [2.05, 4.69) is 29.2 Å². The molecule has 0 aliphatic rings. The first-order valence-corrected chi connectivity index (χ1v) is 6.76. The fraction of sp³-hybridized carbons (Fsp3) is 0.231. The smallest absolute Gasteiger partial charge is 0.0511 e. The Kier molecular flexibility index (Phi) is 4.18. The van der Waals surface area contributed by atoms with Gasteiger partial charge >= 0.3 is 0 Å². The fourth-order valence-corrected chi connectivity index (χ4v) is 3.00. The Morgan fingerprint density at radius 2 is 2.24 bits per heavy atom. The third-order valence-corrected chi connectivity index (χ3v) is 3.92. The van der Waals surface area contributed by atoms with Crippen LogP contribution in [-0.2, 0) is 6.42 Å². The molecule has 2 aromatic rings. The maximum Gasteiger partial charge on any atom is 0.0511 e. The minimum Gasteiger partial charge on any atom is -0.271 e. The minimum absolute atomic E-state index is 0.139. The van der Waals surface area contributed by atoms with Crippen LogP contribution in [0.5, 0.6) is 0 Å². The molecule has 1 unspecified atom stereocenters. The van der Waals surface area contributed by atoms with E-state index in [1.165, 1.54) is 16.7 Å². The van der Waals surface area contributed by atoms with Gasteiger partial charge in [0.25, 0.3) is 0 Å². The third kappa shape index (κ3) is 3.07. The second-order valence-corrected chi connectivity index (χ2v) is 5.24. The zero-order valence-electron chi connectivity index (χ0n) is 9.61. The molecule has 0 amide bonds. The van der Waals surface area contributed by atoms with E-state index in [0.29, 0.717) is 0 Å². The number of nitrogens with two attached hydrogens (primary N) is 1. The number of aryl methyl sites for hydroxylation is 1. The van der Waals surface area contributed by atoms with Crippen molar-refractivity contribution in [3.63, 3.8) is 0 Å². The predicted molar refractivity (Wildman–Crippen MR) is 74.3 cm³/mol. The molecule has 1 heterocycles. The predicted octanol–water partition coefficient (Wildman–Crippen LogP) is 3.46. The van der Waals surface area contributed by atoms with Gasteiger partial charge in [-0.15, -0.1) is 0 Å². The molecule has 0 fully saturated rings. The first-order chi connectivity index (χ1) is 8.20. The van der Waals surface area contributed by atoms with E-state index >= 15 is 0 Å². The first kappa shape index (κ1) is 12.6. The molecular formula is C13H15ClN2S. The van der Waals surface area contributed by atoms with Crippen LogP contribution in [0, 0.1) is 6.92 Å². The molecule has 0 saturated heterocycles. The number of halogens is 1. The number of benzene rings is 1. The van der Waals surface area contributed by atoms with Crippen LogP contribution in [0.3, 0.4) is 0 Å². The average molecular weight is 267 g/mol. The van der Waals surface area contributed by atoms with Gasteiger partial charge in [0.05, 0.1) is 6.04 Å². The highest BCUT2D eigenvalue weighted by atomic mass is 35.5. The number of hydrogen-bond acceptors (Lipinski definition) is 3. The monoisotopic (exact) mass is 266 g/mol. The van der Waals surface area contributed by atoms with Crippen molar-refractivity contribution < 1.29 is 0 Å². The first-order valence-electron chi connectivity index (χ1n) is 5.44. The Morgan fingerprint density at radius 1 is 1.41 bits per heavy atom. The molecule has 0 aliphatic heterocycles. The lowest BCUT2D eigenvalue weighted by molar-refractivity contribution is 0.551. The van der Waals surface area contributed by atoms with Gasteiger partial charge < -0.3 is 0 Å². The van der Waals surface area contributed by atoms with Crippen molar-refractivity contribution >= 4 is 22.9 Å². The summed E-state index contributed by atoms with van der Waals surface area (Å²) in [6, 6.07) is 8.03. The summed E-state index contributed by atoms with van der Waals surface area (Å²) in [7, 11) is 0. The molecule has 0 aliphatic carbocycles. The van der Waals surface area contributed by atoms with Gasteiger partial charge in [-0.3, -0.25) is 11.3 Å².